The Labute approximate surface area is 141 Å². The van der Waals surface area contributed by atoms with E-state index in [1.165, 1.54) is 0 Å². The first-order chi connectivity index (χ1) is 11.2. The first-order valence-electron chi connectivity index (χ1n) is 8.52. The number of aliphatic hydroxyl groups excluding tert-OH is 1. The van der Waals surface area contributed by atoms with Crippen molar-refractivity contribution in [3.8, 4) is 0 Å². The van der Waals surface area contributed by atoms with Gasteiger partial charge in [0.15, 0.2) is 24.2 Å². The zero-order valence-corrected chi connectivity index (χ0v) is 14.5. The summed E-state index contributed by atoms with van der Waals surface area (Å²) in [6, 6.07) is 0. The molecule has 1 N–H and O–H groups in total. The topological polar surface area (TPSA) is 84.8 Å². The van der Waals surface area contributed by atoms with E-state index >= 15 is 0 Å². The van der Waals surface area contributed by atoms with Crippen molar-refractivity contribution in [1.82, 2.24) is 0 Å². The minimum Gasteiger partial charge on any atom is -0.390 e. The molecule has 0 aromatic heterocycles. The molecular weight excluding hydrogens is 320 g/mol. The summed E-state index contributed by atoms with van der Waals surface area (Å²) in [5.74, 6) is -1.55. The summed E-state index contributed by atoms with van der Waals surface area (Å²) in [6.45, 7) is 8.42. The third-order valence-electron chi connectivity index (χ3n) is 4.69. The SMILES string of the molecule is CC1(C)O[C@@H]2[C@H](O1)[C@H]1OC(C)(C)O[C@H]1O[C@@H]2[C@@H](O)CC1OCCO1. The zero-order valence-electron chi connectivity index (χ0n) is 14.5. The van der Waals surface area contributed by atoms with Crippen LogP contribution in [-0.2, 0) is 33.2 Å². The summed E-state index contributed by atoms with van der Waals surface area (Å²) in [6.07, 6.45) is -3.37. The fraction of sp³-hybridized carbons (Fsp3) is 1.00. The largest absolute Gasteiger partial charge is 0.390 e. The van der Waals surface area contributed by atoms with E-state index in [1.807, 2.05) is 27.7 Å². The lowest BCUT2D eigenvalue weighted by atomic mass is 9.94. The fourth-order valence-corrected chi connectivity index (χ4v) is 3.83. The van der Waals surface area contributed by atoms with Crippen molar-refractivity contribution in [2.45, 2.75) is 88.8 Å². The highest BCUT2D eigenvalue weighted by Gasteiger charge is 2.61. The Bertz CT molecular complexity index is 475. The molecule has 4 heterocycles. The quantitative estimate of drug-likeness (QED) is 0.791. The van der Waals surface area contributed by atoms with Crippen LogP contribution in [-0.4, -0.2) is 73.0 Å². The number of aliphatic hydroxyl groups is 1. The van der Waals surface area contributed by atoms with Gasteiger partial charge in [0.1, 0.15) is 24.4 Å². The van der Waals surface area contributed by atoms with E-state index in [9.17, 15) is 5.11 Å². The molecule has 4 saturated heterocycles. The molecule has 138 valence electrons. The summed E-state index contributed by atoms with van der Waals surface area (Å²) in [4.78, 5) is 0. The summed E-state index contributed by atoms with van der Waals surface area (Å²) in [5.41, 5.74) is 0. The van der Waals surface area contributed by atoms with Crippen molar-refractivity contribution in [2.24, 2.45) is 0 Å². The predicted octanol–water partition coefficient (Wildman–Crippen LogP) is 0.507. The molecular formula is C16H26O8. The van der Waals surface area contributed by atoms with Gasteiger partial charge in [-0.1, -0.05) is 0 Å². The molecule has 0 unspecified atom stereocenters. The summed E-state index contributed by atoms with van der Waals surface area (Å²) in [5, 5.41) is 10.7. The first-order valence-corrected chi connectivity index (χ1v) is 8.52. The Morgan fingerprint density at radius 1 is 0.875 bits per heavy atom. The van der Waals surface area contributed by atoms with E-state index in [0.717, 1.165) is 0 Å². The normalized spacial score (nSPS) is 45.1. The summed E-state index contributed by atoms with van der Waals surface area (Å²) >= 11 is 0. The maximum atomic E-state index is 10.7. The van der Waals surface area contributed by atoms with E-state index in [4.69, 9.17) is 33.2 Å². The van der Waals surface area contributed by atoms with Crippen molar-refractivity contribution in [3.63, 3.8) is 0 Å². The van der Waals surface area contributed by atoms with Crippen molar-refractivity contribution >= 4 is 0 Å². The second-order valence-corrected chi connectivity index (χ2v) is 7.61. The van der Waals surface area contributed by atoms with Gasteiger partial charge in [-0.05, 0) is 27.7 Å². The highest BCUT2D eigenvalue weighted by Crippen LogP contribution is 2.45. The van der Waals surface area contributed by atoms with Gasteiger partial charge in [0.2, 0.25) is 0 Å². The summed E-state index contributed by atoms with van der Waals surface area (Å²) < 4.78 is 40.6. The Morgan fingerprint density at radius 3 is 2.17 bits per heavy atom. The van der Waals surface area contributed by atoms with Gasteiger partial charge in [0, 0.05) is 6.42 Å². The van der Waals surface area contributed by atoms with E-state index in [1.54, 1.807) is 0 Å². The lowest BCUT2D eigenvalue weighted by Crippen LogP contribution is -2.58. The van der Waals surface area contributed by atoms with Crippen LogP contribution in [0.25, 0.3) is 0 Å². The molecule has 0 aliphatic carbocycles. The Morgan fingerprint density at radius 2 is 1.46 bits per heavy atom. The van der Waals surface area contributed by atoms with Gasteiger partial charge < -0.3 is 38.3 Å². The highest BCUT2D eigenvalue weighted by atomic mass is 16.9. The average Bonchev–Trinajstić information content (AvgIpc) is 3.13. The number of hydrogen-bond donors (Lipinski definition) is 1. The Hall–Kier alpha value is -0.320. The third-order valence-corrected chi connectivity index (χ3v) is 4.69. The highest BCUT2D eigenvalue weighted by molar-refractivity contribution is 5.02. The van der Waals surface area contributed by atoms with Crippen LogP contribution in [0.3, 0.4) is 0 Å². The monoisotopic (exact) mass is 346 g/mol. The molecule has 0 saturated carbocycles. The lowest BCUT2D eigenvalue weighted by molar-refractivity contribution is -0.257. The van der Waals surface area contributed by atoms with Gasteiger partial charge in [-0.2, -0.15) is 0 Å². The van der Waals surface area contributed by atoms with Crippen LogP contribution in [0.5, 0.6) is 0 Å². The van der Waals surface area contributed by atoms with Crippen LogP contribution < -0.4 is 0 Å². The third kappa shape index (κ3) is 3.10. The molecule has 0 bridgehead atoms. The summed E-state index contributed by atoms with van der Waals surface area (Å²) in [7, 11) is 0. The number of ether oxygens (including phenoxy) is 7. The van der Waals surface area contributed by atoms with E-state index in [2.05, 4.69) is 0 Å². The number of hydrogen-bond acceptors (Lipinski definition) is 8. The van der Waals surface area contributed by atoms with Crippen molar-refractivity contribution in [1.29, 1.82) is 0 Å². The average molecular weight is 346 g/mol. The van der Waals surface area contributed by atoms with Gasteiger partial charge >= 0.3 is 0 Å². The molecule has 4 aliphatic heterocycles. The maximum Gasteiger partial charge on any atom is 0.190 e. The second kappa shape index (κ2) is 5.85. The van der Waals surface area contributed by atoms with E-state index in [-0.39, 0.29) is 6.10 Å². The molecule has 6 atom stereocenters. The molecule has 4 rings (SSSR count). The lowest BCUT2D eigenvalue weighted by Gasteiger charge is -2.39. The van der Waals surface area contributed by atoms with Crippen molar-refractivity contribution in [2.75, 3.05) is 13.2 Å². The van der Waals surface area contributed by atoms with Gasteiger partial charge in [-0.25, -0.2) is 0 Å². The van der Waals surface area contributed by atoms with Crippen LogP contribution in [0.2, 0.25) is 0 Å². The Kier molecular flexibility index (Phi) is 4.17. The molecule has 8 heteroatoms. The molecule has 4 aliphatic rings. The van der Waals surface area contributed by atoms with Gasteiger partial charge in [-0.3, -0.25) is 0 Å². The molecule has 4 fully saturated rings. The predicted molar refractivity (Wildman–Crippen MR) is 78.8 cm³/mol. The molecule has 8 nitrogen and oxygen atoms in total. The van der Waals surface area contributed by atoms with Crippen LogP contribution >= 0.6 is 0 Å². The molecule has 0 aromatic rings. The molecule has 0 spiro atoms. The maximum absolute atomic E-state index is 10.7. The smallest absolute Gasteiger partial charge is 0.190 e. The fourth-order valence-electron chi connectivity index (χ4n) is 3.83. The van der Waals surface area contributed by atoms with Crippen molar-refractivity contribution in [3.05, 3.63) is 0 Å². The molecule has 0 aromatic carbocycles. The van der Waals surface area contributed by atoms with Crippen LogP contribution in [0.4, 0.5) is 0 Å². The Balaban J connectivity index is 1.53. The molecule has 0 radical (unpaired) electrons. The van der Waals surface area contributed by atoms with Crippen LogP contribution in [0, 0.1) is 0 Å². The minimum atomic E-state index is -0.827. The van der Waals surface area contributed by atoms with Crippen LogP contribution in [0.15, 0.2) is 0 Å². The zero-order chi connectivity index (χ0) is 17.1. The number of rotatable bonds is 3. The first kappa shape index (κ1) is 17.1. The van der Waals surface area contributed by atoms with Crippen LogP contribution in [0.1, 0.15) is 34.1 Å². The van der Waals surface area contributed by atoms with E-state index in [0.29, 0.717) is 19.6 Å². The number of fused-ring (bicyclic) bond motifs is 3. The van der Waals surface area contributed by atoms with Gasteiger partial charge in [-0.15, -0.1) is 0 Å². The van der Waals surface area contributed by atoms with Crippen molar-refractivity contribution < 1.29 is 38.3 Å². The second-order valence-electron chi connectivity index (χ2n) is 7.61. The van der Waals surface area contributed by atoms with Gasteiger partial charge in [0.05, 0.1) is 19.3 Å². The van der Waals surface area contributed by atoms with E-state index < -0.39 is 48.6 Å². The minimum absolute atomic E-state index is 0.305. The molecule has 24 heavy (non-hydrogen) atoms. The molecule has 0 amide bonds. The standard InChI is InChI=1S/C16H26O8/c1-15(2)21-11-10(8(17)7-9-18-5-6-19-9)20-14-13(12(11)22-15)23-16(3,4)24-14/h8-14,17H,5-7H2,1-4H3/t8-,10+,11-,12-,13+,14+/m0/s1. The van der Waals surface area contributed by atoms with Gasteiger partial charge in [0.25, 0.3) is 0 Å².